The van der Waals surface area contributed by atoms with Crippen molar-refractivity contribution in [2.24, 2.45) is 0 Å². The molecule has 1 aromatic heterocycles. The van der Waals surface area contributed by atoms with Crippen LogP contribution in [0.15, 0.2) is 85.1 Å². The SMILES string of the molecule is CC(C)(C)[Si](OCCCCc1c(CCl)ncc2cc(Cl)ccc12)(c1ccccc1)c1ccccc1. The number of rotatable bonds is 9. The summed E-state index contributed by atoms with van der Waals surface area (Å²) < 4.78 is 7.04. The fourth-order valence-corrected chi connectivity index (χ4v) is 10.1. The van der Waals surface area contributed by atoms with Crippen molar-refractivity contribution >= 4 is 52.7 Å². The van der Waals surface area contributed by atoms with Gasteiger partial charge in [-0.2, -0.15) is 0 Å². The molecule has 0 unspecified atom stereocenters. The Bertz CT molecular complexity index is 1220. The molecule has 4 aromatic rings. The van der Waals surface area contributed by atoms with Gasteiger partial charge in [0.2, 0.25) is 0 Å². The number of aryl methyl sites for hydroxylation is 1. The Morgan fingerprint density at radius 1 is 0.857 bits per heavy atom. The Kier molecular flexibility index (Phi) is 8.33. The minimum atomic E-state index is -2.49. The highest BCUT2D eigenvalue weighted by Gasteiger charge is 2.49. The third-order valence-corrected chi connectivity index (χ3v) is 12.3. The van der Waals surface area contributed by atoms with Crippen molar-refractivity contribution in [3.8, 4) is 0 Å². The highest BCUT2D eigenvalue weighted by molar-refractivity contribution is 6.99. The van der Waals surface area contributed by atoms with Gasteiger partial charge in [0, 0.05) is 23.2 Å². The van der Waals surface area contributed by atoms with Crippen LogP contribution in [0.5, 0.6) is 0 Å². The van der Waals surface area contributed by atoms with E-state index in [0.717, 1.165) is 35.4 Å². The summed E-state index contributed by atoms with van der Waals surface area (Å²) in [4.78, 5) is 4.60. The fraction of sp³-hybridized carbons (Fsp3) is 0.300. The lowest BCUT2D eigenvalue weighted by Gasteiger charge is -2.43. The summed E-state index contributed by atoms with van der Waals surface area (Å²) >= 11 is 12.4. The number of alkyl halides is 1. The predicted molar refractivity (Wildman–Crippen MR) is 153 cm³/mol. The zero-order valence-corrected chi connectivity index (χ0v) is 23.2. The van der Waals surface area contributed by atoms with E-state index in [2.05, 4.69) is 92.5 Å². The van der Waals surface area contributed by atoms with Crippen molar-refractivity contribution < 1.29 is 4.43 Å². The molecule has 0 aliphatic rings. The quantitative estimate of drug-likeness (QED) is 0.129. The van der Waals surface area contributed by atoms with Gasteiger partial charge in [0.05, 0.1) is 11.6 Å². The lowest BCUT2D eigenvalue weighted by molar-refractivity contribution is 0.288. The maximum absolute atomic E-state index is 7.04. The van der Waals surface area contributed by atoms with E-state index in [-0.39, 0.29) is 5.04 Å². The normalized spacial score (nSPS) is 12.3. The molecule has 5 heteroatoms. The van der Waals surface area contributed by atoms with Gasteiger partial charge in [-0.05, 0) is 57.8 Å². The summed E-state index contributed by atoms with van der Waals surface area (Å²) in [6, 6.07) is 27.6. The third kappa shape index (κ3) is 5.49. The molecule has 0 N–H and O–H groups in total. The molecule has 0 spiro atoms. The average molecular weight is 523 g/mol. The molecule has 0 saturated heterocycles. The van der Waals surface area contributed by atoms with Gasteiger partial charge >= 0.3 is 0 Å². The number of fused-ring (bicyclic) bond motifs is 1. The molecule has 0 bridgehead atoms. The number of hydrogen-bond donors (Lipinski definition) is 0. The monoisotopic (exact) mass is 521 g/mol. The van der Waals surface area contributed by atoms with Gasteiger partial charge in [0.25, 0.3) is 8.32 Å². The first-order valence-electron chi connectivity index (χ1n) is 12.2. The van der Waals surface area contributed by atoms with E-state index in [9.17, 15) is 0 Å². The Labute approximate surface area is 220 Å². The molecule has 0 aliphatic carbocycles. The smallest absolute Gasteiger partial charge is 0.261 e. The van der Waals surface area contributed by atoms with E-state index >= 15 is 0 Å². The fourth-order valence-electron chi connectivity index (χ4n) is 5.08. The first-order valence-corrected chi connectivity index (χ1v) is 15.1. The molecule has 0 amide bonds. The summed E-state index contributed by atoms with van der Waals surface area (Å²) in [6.45, 7) is 7.67. The third-order valence-electron chi connectivity index (χ3n) is 6.73. The Balaban J connectivity index is 1.55. The van der Waals surface area contributed by atoms with Gasteiger partial charge in [-0.1, -0.05) is 99.1 Å². The largest absolute Gasteiger partial charge is 0.407 e. The number of pyridine rings is 1. The van der Waals surface area contributed by atoms with Crippen LogP contribution in [0.1, 0.15) is 44.9 Å². The molecule has 182 valence electrons. The molecule has 1 heterocycles. The van der Waals surface area contributed by atoms with Crippen molar-refractivity contribution in [1.82, 2.24) is 4.98 Å². The molecule has 0 aliphatic heterocycles. The van der Waals surface area contributed by atoms with Crippen LogP contribution in [0.3, 0.4) is 0 Å². The minimum absolute atomic E-state index is 0.0136. The van der Waals surface area contributed by atoms with Crippen LogP contribution >= 0.6 is 23.2 Å². The molecule has 0 atom stereocenters. The standard InChI is InChI=1S/C30H33Cl2NOSi/c1-30(2,3)35(25-12-6-4-7-13-25,26-14-8-5-9-15-26)34-19-11-10-16-28-27-18-17-24(32)20-23(27)22-33-29(28)21-31/h4-9,12-15,17-18,20,22H,10-11,16,19,21H2,1-3H3. The lowest BCUT2D eigenvalue weighted by Crippen LogP contribution is -2.66. The Hall–Kier alpha value is -2.17. The van der Waals surface area contributed by atoms with E-state index in [0.29, 0.717) is 12.5 Å². The number of hydrogen-bond acceptors (Lipinski definition) is 2. The second kappa shape index (κ2) is 11.3. The van der Waals surface area contributed by atoms with Crippen molar-refractivity contribution in [3.63, 3.8) is 0 Å². The number of nitrogens with zero attached hydrogens (tertiary/aromatic N) is 1. The van der Waals surface area contributed by atoms with Crippen LogP contribution in [0.4, 0.5) is 0 Å². The van der Waals surface area contributed by atoms with Crippen LogP contribution in [-0.2, 0) is 16.7 Å². The zero-order valence-electron chi connectivity index (χ0n) is 20.7. The van der Waals surface area contributed by atoms with Crippen LogP contribution in [-0.4, -0.2) is 19.9 Å². The van der Waals surface area contributed by atoms with Crippen LogP contribution in [0.25, 0.3) is 10.8 Å². The molecule has 0 fully saturated rings. The summed E-state index contributed by atoms with van der Waals surface area (Å²) in [5.41, 5.74) is 2.18. The zero-order chi connectivity index (χ0) is 24.9. The maximum atomic E-state index is 7.04. The summed E-state index contributed by atoms with van der Waals surface area (Å²) in [5, 5.41) is 5.59. The van der Waals surface area contributed by atoms with Crippen molar-refractivity contribution in [2.45, 2.75) is 51.0 Å². The van der Waals surface area contributed by atoms with Gasteiger partial charge in [-0.15, -0.1) is 11.6 Å². The van der Waals surface area contributed by atoms with E-state index < -0.39 is 8.32 Å². The molecular weight excluding hydrogens is 489 g/mol. The van der Waals surface area contributed by atoms with Crippen LogP contribution < -0.4 is 10.4 Å². The van der Waals surface area contributed by atoms with Crippen LogP contribution in [0, 0.1) is 0 Å². The number of halogens is 2. The molecule has 4 rings (SSSR count). The summed E-state index contributed by atoms with van der Waals surface area (Å²) in [6.07, 6.45) is 4.76. The van der Waals surface area contributed by atoms with E-state index in [1.165, 1.54) is 21.3 Å². The van der Waals surface area contributed by atoms with Gasteiger partial charge in [-0.3, -0.25) is 4.98 Å². The number of benzene rings is 3. The van der Waals surface area contributed by atoms with Gasteiger partial charge in [0.15, 0.2) is 0 Å². The number of unbranched alkanes of at least 4 members (excludes halogenated alkanes) is 1. The Morgan fingerprint density at radius 3 is 2.06 bits per heavy atom. The van der Waals surface area contributed by atoms with Crippen LogP contribution in [0.2, 0.25) is 10.1 Å². The van der Waals surface area contributed by atoms with Crippen molar-refractivity contribution in [1.29, 1.82) is 0 Å². The number of aromatic nitrogens is 1. The first kappa shape index (κ1) is 25.9. The van der Waals surface area contributed by atoms with Gasteiger partial charge < -0.3 is 4.43 Å². The highest BCUT2D eigenvalue weighted by Crippen LogP contribution is 2.37. The Morgan fingerprint density at radius 2 is 1.49 bits per heavy atom. The van der Waals surface area contributed by atoms with Gasteiger partial charge in [-0.25, -0.2) is 0 Å². The average Bonchev–Trinajstić information content (AvgIpc) is 2.86. The predicted octanol–water partition coefficient (Wildman–Crippen LogP) is 7.53. The van der Waals surface area contributed by atoms with E-state index in [4.69, 9.17) is 27.6 Å². The maximum Gasteiger partial charge on any atom is 0.261 e. The van der Waals surface area contributed by atoms with Crippen molar-refractivity contribution in [3.05, 3.63) is 101 Å². The molecule has 3 aromatic carbocycles. The highest BCUT2D eigenvalue weighted by atomic mass is 35.5. The van der Waals surface area contributed by atoms with E-state index in [1.807, 2.05) is 18.3 Å². The van der Waals surface area contributed by atoms with Crippen molar-refractivity contribution in [2.75, 3.05) is 6.61 Å². The second-order valence-corrected chi connectivity index (χ2v) is 15.0. The second-order valence-electron chi connectivity index (χ2n) is 10.0. The molecule has 35 heavy (non-hydrogen) atoms. The molecular formula is C30H33Cl2NOSi. The molecule has 2 nitrogen and oxygen atoms in total. The topological polar surface area (TPSA) is 22.1 Å². The molecule has 0 saturated carbocycles. The first-order chi connectivity index (χ1) is 16.9. The minimum Gasteiger partial charge on any atom is -0.407 e. The van der Waals surface area contributed by atoms with E-state index in [1.54, 1.807) is 0 Å². The molecule has 0 radical (unpaired) electrons. The summed E-state index contributed by atoms with van der Waals surface area (Å²) in [7, 11) is -2.49. The van der Waals surface area contributed by atoms with Gasteiger partial charge in [0.1, 0.15) is 0 Å². The lowest BCUT2D eigenvalue weighted by atomic mass is 10.00. The summed E-state index contributed by atoms with van der Waals surface area (Å²) in [5.74, 6) is 0.409.